The van der Waals surface area contributed by atoms with Gasteiger partial charge in [-0.3, -0.25) is 0 Å². The number of hydrogen-bond acceptors (Lipinski definition) is 0. The van der Waals surface area contributed by atoms with E-state index in [2.05, 4.69) is 150 Å². The molecule has 0 saturated heterocycles. The molecule has 1 atom stereocenters. The third-order valence-corrected chi connectivity index (χ3v) is 7.51. The highest BCUT2D eigenvalue weighted by Crippen LogP contribution is 2.35. The van der Waals surface area contributed by atoms with Crippen molar-refractivity contribution >= 4 is 10.8 Å². The van der Waals surface area contributed by atoms with Crippen molar-refractivity contribution in [1.82, 2.24) is 0 Å². The maximum atomic E-state index is 3.83. The predicted octanol–water partition coefficient (Wildman–Crippen LogP) is 10.9. The van der Waals surface area contributed by atoms with Crippen LogP contribution in [0.15, 0.2) is 127 Å². The molecule has 0 amide bonds. The first kappa shape index (κ1) is 27.1. The predicted molar refractivity (Wildman–Crippen MR) is 168 cm³/mol. The minimum absolute atomic E-state index is 0.708. The van der Waals surface area contributed by atoms with Crippen molar-refractivity contribution < 1.29 is 0 Å². The summed E-state index contributed by atoms with van der Waals surface area (Å²) in [6.45, 7) is 12.4. The Morgan fingerprint density at radius 3 is 1.95 bits per heavy atom. The van der Waals surface area contributed by atoms with Crippen LogP contribution in [0, 0.1) is 12.8 Å². The normalized spacial score (nSPS) is 11.5. The molecular weight excluding hydrogens is 456 g/mol. The SMILES string of the molecule is C=C(C)C(C)CC.Cc1ccc(-c2cc(CCc3ccccc3)c3c(-c4ccccc4)cccc3c2)cc1. The molecule has 0 aliphatic carbocycles. The van der Waals surface area contributed by atoms with Gasteiger partial charge in [0.25, 0.3) is 0 Å². The van der Waals surface area contributed by atoms with E-state index >= 15 is 0 Å². The second-order valence-corrected chi connectivity index (χ2v) is 10.4. The lowest BCUT2D eigenvalue weighted by atomic mass is 9.89. The van der Waals surface area contributed by atoms with Gasteiger partial charge in [-0.05, 0) is 89.2 Å². The molecule has 5 aromatic rings. The van der Waals surface area contributed by atoms with Crippen LogP contribution < -0.4 is 0 Å². The number of rotatable bonds is 7. The average Bonchev–Trinajstić information content (AvgIpc) is 2.96. The van der Waals surface area contributed by atoms with Gasteiger partial charge in [0, 0.05) is 0 Å². The van der Waals surface area contributed by atoms with Gasteiger partial charge in [0.1, 0.15) is 0 Å². The van der Waals surface area contributed by atoms with E-state index in [-0.39, 0.29) is 0 Å². The Balaban J connectivity index is 0.000000426. The number of hydrogen-bond donors (Lipinski definition) is 0. The van der Waals surface area contributed by atoms with Gasteiger partial charge in [-0.2, -0.15) is 0 Å². The maximum absolute atomic E-state index is 3.83. The van der Waals surface area contributed by atoms with E-state index in [4.69, 9.17) is 0 Å². The standard InChI is InChI=1S/C31H26.C7H14/c1-23-15-18-25(19-16-23)29-21-27-13-8-14-30(26-11-6-3-7-12-26)31(27)28(22-29)20-17-24-9-4-2-5-10-24;1-5-7(4)6(2)3/h2-16,18-19,21-22H,17,20H2,1H3;7H,2,5H2,1,3-4H3. The second-order valence-electron chi connectivity index (χ2n) is 10.4. The molecule has 0 bridgehead atoms. The van der Waals surface area contributed by atoms with Crippen LogP contribution in [0.4, 0.5) is 0 Å². The van der Waals surface area contributed by atoms with Gasteiger partial charge >= 0.3 is 0 Å². The Bertz CT molecular complexity index is 1460. The summed E-state index contributed by atoms with van der Waals surface area (Å²) in [6.07, 6.45) is 3.27. The molecule has 0 fully saturated rings. The zero-order valence-electron chi connectivity index (χ0n) is 23.4. The van der Waals surface area contributed by atoms with Crippen molar-refractivity contribution in [2.75, 3.05) is 0 Å². The van der Waals surface area contributed by atoms with Crippen LogP contribution in [-0.4, -0.2) is 0 Å². The molecule has 1 unspecified atom stereocenters. The van der Waals surface area contributed by atoms with Crippen molar-refractivity contribution in [3.63, 3.8) is 0 Å². The van der Waals surface area contributed by atoms with Gasteiger partial charge in [-0.25, -0.2) is 0 Å². The van der Waals surface area contributed by atoms with Gasteiger partial charge in [0.15, 0.2) is 0 Å². The second kappa shape index (κ2) is 13.1. The minimum atomic E-state index is 0.708. The van der Waals surface area contributed by atoms with Crippen molar-refractivity contribution in [3.05, 3.63) is 144 Å². The third kappa shape index (κ3) is 6.90. The average molecular weight is 497 g/mol. The largest absolute Gasteiger partial charge is 0.0999 e. The summed E-state index contributed by atoms with van der Waals surface area (Å²) in [4.78, 5) is 0. The van der Waals surface area contributed by atoms with Crippen LogP contribution >= 0.6 is 0 Å². The molecule has 0 aromatic heterocycles. The fourth-order valence-corrected chi connectivity index (χ4v) is 4.76. The number of allylic oxidation sites excluding steroid dienone is 1. The Morgan fingerprint density at radius 2 is 1.34 bits per heavy atom. The van der Waals surface area contributed by atoms with Crippen molar-refractivity contribution in [2.24, 2.45) is 5.92 Å². The van der Waals surface area contributed by atoms with Crippen LogP contribution in [0.1, 0.15) is 43.9 Å². The summed E-state index contributed by atoms with van der Waals surface area (Å²) < 4.78 is 0. The van der Waals surface area contributed by atoms with Crippen LogP contribution in [0.5, 0.6) is 0 Å². The molecule has 0 N–H and O–H groups in total. The first-order valence-corrected chi connectivity index (χ1v) is 13.8. The van der Waals surface area contributed by atoms with Gasteiger partial charge in [-0.1, -0.05) is 141 Å². The van der Waals surface area contributed by atoms with E-state index in [1.807, 2.05) is 0 Å². The summed E-state index contributed by atoms with van der Waals surface area (Å²) >= 11 is 0. The molecule has 0 nitrogen and oxygen atoms in total. The highest BCUT2D eigenvalue weighted by atomic mass is 14.2. The quantitative estimate of drug-likeness (QED) is 0.197. The van der Waals surface area contributed by atoms with Gasteiger partial charge in [-0.15, -0.1) is 0 Å². The first-order valence-electron chi connectivity index (χ1n) is 13.8. The van der Waals surface area contributed by atoms with Gasteiger partial charge in [0.05, 0.1) is 0 Å². The molecule has 5 aromatic carbocycles. The van der Waals surface area contributed by atoms with Crippen LogP contribution in [0.3, 0.4) is 0 Å². The molecular formula is C38H40. The van der Waals surface area contributed by atoms with Crippen LogP contribution in [-0.2, 0) is 12.8 Å². The highest BCUT2D eigenvalue weighted by Gasteiger charge is 2.12. The first-order chi connectivity index (χ1) is 18.5. The number of benzene rings is 5. The van der Waals surface area contributed by atoms with Crippen molar-refractivity contribution in [1.29, 1.82) is 0 Å². The van der Waals surface area contributed by atoms with Gasteiger partial charge < -0.3 is 0 Å². The van der Waals surface area contributed by atoms with E-state index in [9.17, 15) is 0 Å². The van der Waals surface area contributed by atoms with Gasteiger partial charge in [0.2, 0.25) is 0 Å². The van der Waals surface area contributed by atoms with Crippen molar-refractivity contribution in [3.8, 4) is 22.3 Å². The summed E-state index contributed by atoms with van der Waals surface area (Å²) in [7, 11) is 0. The smallest absolute Gasteiger partial charge is 0.00728 e. The third-order valence-electron chi connectivity index (χ3n) is 7.51. The topological polar surface area (TPSA) is 0 Å². The summed E-state index contributed by atoms with van der Waals surface area (Å²) in [6, 6.07) is 41.9. The van der Waals surface area contributed by atoms with Crippen LogP contribution in [0.25, 0.3) is 33.0 Å². The Morgan fingerprint density at radius 1 is 0.684 bits per heavy atom. The Hall–Kier alpha value is -3.90. The lowest BCUT2D eigenvalue weighted by Gasteiger charge is -2.15. The number of aryl methyl sites for hydroxylation is 3. The molecule has 0 spiro atoms. The molecule has 0 saturated carbocycles. The fraction of sp³-hybridized carbons (Fsp3) is 0.211. The molecule has 38 heavy (non-hydrogen) atoms. The molecule has 0 heteroatoms. The zero-order chi connectivity index (χ0) is 26.9. The molecule has 0 heterocycles. The summed E-state index contributed by atoms with van der Waals surface area (Å²) in [5.41, 5.74) is 10.5. The lowest BCUT2D eigenvalue weighted by molar-refractivity contribution is 0.658. The van der Waals surface area contributed by atoms with E-state index in [1.165, 1.54) is 61.7 Å². The van der Waals surface area contributed by atoms with E-state index in [0.29, 0.717) is 5.92 Å². The minimum Gasteiger partial charge on any atom is -0.0999 e. The molecule has 0 aliphatic rings. The number of fused-ring (bicyclic) bond motifs is 1. The molecule has 192 valence electrons. The molecule has 0 radical (unpaired) electrons. The summed E-state index contributed by atoms with van der Waals surface area (Å²) in [5.74, 6) is 0.708. The fourth-order valence-electron chi connectivity index (χ4n) is 4.76. The Kier molecular flexibility index (Phi) is 9.33. The van der Waals surface area contributed by atoms with E-state index in [1.54, 1.807) is 0 Å². The van der Waals surface area contributed by atoms with E-state index in [0.717, 1.165) is 12.8 Å². The lowest BCUT2D eigenvalue weighted by Crippen LogP contribution is -1.96. The molecule has 0 aliphatic heterocycles. The monoisotopic (exact) mass is 496 g/mol. The zero-order valence-corrected chi connectivity index (χ0v) is 23.4. The highest BCUT2D eigenvalue weighted by molar-refractivity contribution is 6.01. The van der Waals surface area contributed by atoms with Crippen LogP contribution in [0.2, 0.25) is 0 Å². The molecule has 5 rings (SSSR count). The Labute approximate surface area is 229 Å². The van der Waals surface area contributed by atoms with E-state index < -0.39 is 0 Å². The van der Waals surface area contributed by atoms with Crippen molar-refractivity contribution in [2.45, 2.75) is 47.0 Å². The maximum Gasteiger partial charge on any atom is -0.00728 e. The summed E-state index contributed by atoms with van der Waals surface area (Å²) in [5, 5.41) is 2.68.